The Morgan fingerprint density at radius 1 is 0.906 bits per heavy atom. The average molecular weight is 443 g/mol. The van der Waals surface area contributed by atoms with Crippen molar-refractivity contribution in [2.45, 2.75) is 118 Å². The minimum atomic E-state index is -1.15. The lowest BCUT2D eigenvalue weighted by Gasteiger charge is -2.70. The number of aliphatic hydroxyl groups is 2. The van der Waals surface area contributed by atoms with E-state index in [0.717, 1.165) is 44.9 Å². The summed E-state index contributed by atoms with van der Waals surface area (Å²) in [6.45, 7) is 16.5. The predicted molar refractivity (Wildman–Crippen MR) is 128 cm³/mol. The van der Waals surface area contributed by atoms with E-state index >= 15 is 0 Å². The molecule has 0 spiro atoms. The second kappa shape index (κ2) is 6.51. The molecule has 0 aromatic rings. The summed E-state index contributed by atoms with van der Waals surface area (Å²) in [5, 5.41) is 22.5. The van der Waals surface area contributed by atoms with Crippen molar-refractivity contribution in [3.63, 3.8) is 0 Å². The van der Waals surface area contributed by atoms with E-state index in [1.807, 2.05) is 0 Å². The highest BCUT2D eigenvalue weighted by Gasteiger charge is 2.69. The Balaban J connectivity index is 1.61. The van der Waals surface area contributed by atoms with Crippen molar-refractivity contribution in [2.75, 3.05) is 0 Å². The van der Waals surface area contributed by atoms with Crippen molar-refractivity contribution in [1.29, 1.82) is 0 Å². The fraction of sp³-hybridized carbons (Fsp3) is 0.897. The molecular formula is C29H46O3. The van der Waals surface area contributed by atoms with Gasteiger partial charge < -0.3 is 10.2 Å². The molecule has 5 aliphatic carbocycles. The molecule has 0 bridgehead atoms. The first-order valence-corrected chi connectivity index (χ1v) is 13.3. The van der Waals surface area contributed by atoms with Crippen molar-refractivity contribution in [3.05, 3.63) is 11.6 Å². The molecule has 5 rings (SSSR count). The van der Waals surface area contributed by atoms with Crippen LogP contribution in [0.3, 0.4) is 0 Å². The second-order valence-corrected chi connectivity index (χ2v) is 14.6. The van der Waals surface area contributed by atoms with Crippen LogP contribution in [0.1, 0.15) is 106 Å². The first-order valence-electron chi connectivity index (χ1n) is 13.3. The van der Waals surface area contributed by atoms with Crippen LogP contribution in [-0.4, -0.2) is 27.7 Å². The molecule has 0 radical (unpaired) electrons. The van der Waals surface area contributed by atoms with Crippen molar-refractivity contribution < 1.29 is 15.0 Å². The molecule has 0 heterocycles. The number of carbonyl (C=O) groups is 1. The molecule has 4 saturated carbocycles. The second-order valence-electron chi connectivity index (χ2n) is 14.6. The number of aliphatic hydroxyl groups excluding tert-OH is 1. The van der Waals surface area contributed by atoms with Crippen LogP contribution in [0, 0.1) is 44.8 Å². The quantitative estimate of drug-likeness (QED) is 0.447. The molecule has 5 aliphatic rings. The molecule has 4 fully saturated rings. The summed E-state index contributed by atoms with van der Waals surface area (Å²) in [6.07, 6.45) is 10.5. The van der Waals surface area contributed by atoms with E-state index in [4.69, 9.17) is 0 Å². The fourth-order valence-corrected chi connectivity index (χ4v) is 10.1. The molecule has 2 N–H and O–H groups in total. The van der Waals surface area contributed by atoms with E-state index in [2.05, 4.69) is 54.5 Å². The van der Waals surface area contributed by atoms with Gasteiger partial charge in [0.15, 0.2) is 5.78 Å². The zero-order valence-corrected chi connectivity index (χ0v) is 21.6. The topological polar surface area (TPSA) is 57.5 Å². The van der Waals surface area contributed by atoms with E-state index in [9.17, 15) is 15.0 Å². The third-order valence-electron chi connectivity index (χ3n) is 12.4. The van der Waals surface area contributed by atoms with E-state index in [1.165, 1.54) is 5.57 Å². The highest BCUT2D eigenvalue weighted by molar-refractivity contribution is 5.91. The van der Waals surface area contributed by atoms with Crippen LogP contribution < -0.4 is 0 Å². The van der Waals surface area contributed by atoms with Crippen LogP contribution in [0.15, 0.2) is 11.6 Å². The largest absolute Gasteiger partial charge is 0.393 e. The first-order chi connectivity index (χ1) is 14.6. The molecule has 0 aliphatic heterocycles. The first kappa shape index (κ1) is 23.1. The number of fused-ring (bicyclic) bond motifs is 7. The smallest absolute Gasteiger partial charge is 0.165 e. The number of Topliss-reactive ketones (excluding diaryl/α,β-unsaturated/α-hetero) is 1. The summed E-state index contributed by atoms with van der Waals surface area (Å²) >= 11 is 0. The van der Waals surface area contributed by atoms with E-state index in [0.29, 0.717) is 24.7 Å². The summed E-state index contributed by atoms with van der Waals surface area (Å²) in [5.41, 5.74) is 0.426. The van der Waals surface area contributed by atoms with Gasteiger partial charge in [0.2, 0.25) is 0 Å². The predicted octanol–water partition coefficient (Wildman–Crippen LogP) is 6.07. The molecule has 0 saturated heterocycles. The molecule has 8 atom stereocenters. The Morgan fingerprint density at radius 2 is 1.59 bits per heavy atom. The highest BCUT2D eigenvalue weighted by Crippen LogP contribution is 2.74. The fourth-order valence-electron chi connectivity index (χ4n) is 10.1. The lowest BCUT2D eigenvalue weighted by Crippen LogP contribution is -2.67. The van der Waals surface area contributed by atoms with Crippen LogP contribution in [0.4, 0.5) is 0 Å². The minimum Gasteiger partial charge on any atom is -0.393 e. The van der Waals surface area contributed by atoms with E-state index in [-0.39, 0.29) is 44.9 Å². The molecule has 0 amide bonds. The van der Waals surface area contributed by atoms with E-state index < -0.39 is 5.60 Å². The van der Waals surface area contributed by atoms with Crippen LogP contribution in [0.2, 0.25) is 0 Å². The molecule has 180 valence electrons. The van der Waals surface area contributed by atoms with Crippen LogP contribution in [0.25, 0.3) is 0 Å². The van der Waals surface area contributed by atoms with Gasteiger partial charge >= 0.3 is 0 Å². The Hall–Kier alpha value is -0.670. The van der Waals surface area contributed by atoms with Crippen LogP contribution >= 0.6 is 0 Å². The zero-order valence-electron chi connectivity index (χ0n) is 21.6. The van der Waals surface area contributed by atoms with Crippen LogP contribution in [-0.2, 0) is 4.79 Å². The summed E-state index contributed by atoms with van der Waals surface area (Å²) in [7, 11) is 0. The Bertz CT molecular complexity index is 870. The van der Waals surface area contributed by atoms with E-state index in [1.54, 1.807) is 0 Å². The van der Waals surface area contributed by atoms with Gasteiger partial charge in [-0.1, -0.05) is 60.1 Å². The summed E-state index contributed by atoms with van der Waals surface area (Å²) in [5.74, 6) is 1.11. The van der Waals surface area contributed by atoms with Crippen LogP contribution in [0.5, 0.6) is 0 Å². The van der Waals surface area contributed by atoms with Gasteiger partial charge in [-0.15, -0.1) is 0 Å². The van der Waals surface area contributed by atoms with Gasteiger partial charge in [-0.3, -0.25) is 4.79 Å². The lowest BCUT2D eigenvalue weighted by atomic mass is 9.34. The lowest BCUT2D eigenvalue weighted by molar-refractivity contribution is -0.207. The maximum atomic E-state index is 13.6. The summed E-state index contributed by atoms with van der Waals surface area (Å²) in [6, 6.07) is 0. The number of hydrogen-bond donors (Lipinski definition) is 2. The molecule has 3 heteroatoms. The Labute approximate surface area is 195 Å². The third-order valence-corrected chi connectivity index (χ3v) is 12.4. The zero-order chi connectivity index (χ0) is 23.5. The molecular weight excluding hydrogens is 396 g/mol. The maximum Gasteiger partial charge on any atom is 0.165 e. The standard InChI is InChI=1S/C29H46O3/c1-24(2)14-15-29(32)19(16-24)18-8-9-21-26(5)12-11-22(30)25(3,4)20(26)10-13-27(21,6)28(18,7)17-23(29)31/h8,19-22,30,32H,9-17H2,1-7H3/t19-,20-,21+,22-,26-,27+,28+,29+/m0/s1. The van der Waals surface area contributed by atoms with Crippen molar-refractivity contribution in [2.24, 2.45) is 44.8 Å². The number of ketones is 1. The SMILES string of the molecule is CC1(C)CC[C@]2(O)C(=O)C[C@]3(C)C(=CC[C@@H]4[C@@]5(C)CC[C@H](O)C(C)(C)[C@@H]5CC[C@]43C)[C@@H]2C1. The Kier molecular flexibility index (Phi) is 4.69. The number of carbonyl (C=O) groups excluding carboxylic acids is 1. The number of allylic oxidation sites excluding steroid dienone is 1. The van der Waals surface area contributed by atoms with Gasteiger partial charge in [0.1, 0.15) is 5.60 Å². The minimum absolute atomic E-state index is 0.0228. The van der Waals surface area contributed by atoms with Crippen molar-refractivity contribution in [1.82, 2.24) is 0 Å². The van der Waals surface area contributed by atoms with Gasteiger partial charge in [0, 0.05) is 17.8 Å². The molecule has 0 aromatic carbocycles. The normalized spacial score (nSPS) is 53.9. The Morgan fingerprint density at radius 3 is 2.28 bits per heavy atom. The van der Waals surface area contributed by atoms with Gasteiger partial charge in [0.05, 0.1) is 6.10 Å². The third kappa shape index (κ3) is 2.65. The molecule has 0 unspecified atom stereocenters. The van der Waals surface area contributed by atoms with Gasteiger partial charge in [-0.25, -0.2) is 0 Å². The average Bonchev–Trinajstić information content (AvgIpc) is 2.68. The molecule has 0 aromatic heterocycles. The highest BCUT2D eigenvalue weighted by atomic mass is 16.3. The summed E-state index contributed by atoms with van der Waals surface area (Å²) in [4.78, 5) is 13.6. The number of rotatable bonds is 0. The van der Waals surface area contributed by atoms with Gasteiger partial charge in [-0.2, -0.15) is 0 Å². The molecule has 3 nitrogen and oxygen atoms in total. The maximum absolute atomic E-state index is 13.6. The van der Waals surface area contributed by atoms with Gasteiger partial charge in [0.25, 0.3) is 0 Å². The summed E-state index contributed by atoms with van der Waals surface area (Å²) < 4.78 is 0. The van der Waals surface area contributed by atoms with Gasteiger partial charge in [-0.05, 0) is 84.9 Å². The monoisotopic (exact) mass is 442 g/mol. The number of hydrogen-bond acceptors (Lipinski definition) is 3. The van der Waals surface area contributed by atoms with Crippen molar-refractivity contribution in [3.8, 4) is 0 Å². The van der Waals surface area contributed by atoms with Crippen molar-refractivity contribution >= 4 is 5.78 Å². The molecule has 32 heavy (non-hydrogen) atoms.